The van der Waals surface area contributed by atoms with Crippen LogP contribution in [0.3, 0.4) is 0 Å². The van der Waals surface area contributed by atoms with Crippen molar-refractivity contribution < 1.29 is 8.42 Å². The Hall–Kier alpha value is -1.98. The lowest BCUT2D eigenvalue weighted by molar-refractivity contribution is 0.600. The van der Waals surface area contributed by atoms with Crippen LogP contribution in [0.4, 0.5) is 5.69 Å². The van der Waals surface area contributed by atoms with Gasteiger partial charge in [-0.3, -0.25) is 4.72 Å². The number of H-pyrrole nitrogens is 1. The predicted octanol–water partition coefficient (Wildman–Crippen LogP) is 4.55. The molecule has 3 rings (SSSR count). The fourth-order valence-corrected chi connectivity index (χ4v) is 4.18. The lowest BCUT2D eigenvalue weighted by atomic mass is 10.2. The zero-order chi connectivity index (χ0) is 16.8. The molecular weight excluding hydrogens is 332 g/mol. The first-order chi connectivity index (χ1) is 10.8. The molecule has 0 atom stereocenters. The van der Waals surface area contributed by atoms with Crippen LogP contribution in [0.15, 0.2) is 41.3 Å². The molecule has 1 aromatic heterocycles. The molecule has 0 fully saturated rings. The van der Waals surface area contributed by atoms with Gasteiger partial charge in [0.2, 0.25) is 0 Å². The maximum absolute atomic E-state index is 12.7. The number of hydrogen-bond acceptors (Lipinski definition) is 2. The minimum Gasteiger partial charge on any atom is -0.359 e. The van der Waals surface area contributed by atoms with Crippen LogP contribution in [0.2, 0.25) is 5.02 Å². The van der Waals surface area contributed by atoms with Crippen molar-refractivity contribution in [1.82, 2.24) is 4.98 Å². The van der Waals surface area contributed by atoms with E-state index in [9.17, 15) is 8.42 Å². The van der Waals surface area contributed by atoms with Crippen molar-refractivity contribution in [2.24, 2.45) is 0 Å². The Bertz CT molecular complexity index is 1010. The first-order valence-corrected chi connectivity index (χ1v) is 9.01. The number of aromatic amines is 1. The van der Waals surface area contributed by atoms with E-state index in [0.717, 1.165) is 22.2 Å². The third-order valence-corrected chi connectivity index (χ3v) is 5.68. The molecule has 23 heavy (non-hydrogen) atoms. The van der Waals surface area contributed by atoms with Crippen LogP contribution in [-0.2, 0) is 10.0 Å². The highest BCUT2D eigenvalue weighted by Crippen LogP contribution is 2.27. The summed E-state index contributed by atoms with van der Waals surface area (Å²) >= 11 is 6.05. The monoisotopic (exact) mass is 348 g/mol. The summed E-state index contributed by atoms with van der Waals surface area (Å²) in [7, 11) is -3.66. The second-order valence-corrected chi connectivity index (χ2v) is 7.78. The smallest absolute Gasteiger partial charge is 0.262 e. The van der Waals surface area contributed by atoms with Crippen LogP contribution in [0, 0.1) is 20.8 Å². The van der Waals surface area contributed by atoms with E-state index in [0.29, 0.717) is 16.3 Å². The van der Waals surface area contributed by atoms with E-state index in [1.54, 1.807) is 32.0 Å². The largest absolute Gasteiger partial charge is 0.359 e. The van der Waals surface area contributed by atoms with Gasteiger partial charge in [0.25, 0.3) is 10.0 Å². The van der Waals surface area contributed by atoms with Gasteiger partial charge in [0.05, 0.1) is 4.90 Å². The minimum atomic E-state index is -3.66. The number of nitrogens with one attached hydrogen (secondary N) is 2. The average molecular weight is 349 g/mol. The van der Waals surface area contributed by atoms with E-state index >= 15 is 0 Å². The highest BCUT2D eigenvalue weighted by Gasteiger charge is 2.18. The fraction of sp³-hybridized carbons (Fsp3) is 0.176. The summed E-state index contributed by atoms with van der Waals surface area (Å²) in [6.07, 6.45) is 0. The van der Waals surface area contributed by atoms with Gasteiger partial charge >= 0.3 is 0 Å². The molecule has 4 nitrogen and oxygen atoms in total. The van der Waals surface area contributed by atoms with E-state index in [1.165, 1.54) is 0 Å². The van der Waals surface area contributed by atoms with Crippen LogP contribution in [0.25, 0.3) is 10.9 Å². The molecule has 0 aliphatic rings. The fourth-order valence-electron chi connectivity index (χ4n) is 2.60. The Labute approximate surface area is 140 Å². The molecule has 0 aliphatic carbocycles. The molecule has 3 aromatic rings. The van der Waals surface area contributed by atoms with Gasteiger partial charge in [0.1, 0.15) is 0 Å². The first kappa shape index (κ1) is 15.9. The van der Waals surface area contributed by atoms with Gasteiger partial charge in [0.15, 0.2) is 0 Å². The van der Waals surface area contributed by atoms with E-state index in [2.05, 4.69) is 9.71 Å². The molecule has 0 saturated carbocycles. The predicted molar refractivity (Wildman–Crippen MR) is 94.8 cm³/mol. The molecule has 0 saturated heterocycles. The Morgan fingerprint density at radius 3 is 2.48 bits per heavy atom. The maximum Gasteiger partial charge on any atom is 0.262 e. The van der Waals surface area contributed by atoms with E-state index in [-0.39, 0.29) is 4.90 Å². The van der Waals surface area contributed by atoms with Crippen LogP contribution in [0.5, 0.6) is 0 Å². The lowest BCUT2D eigenvalue weighted by Gasteiger charge is -2.12. The molecular formula is C17H17ClN2O2S. The normalized spacial score (nSPS) is 11.8. The third-order valence-electron chi connectivity index (χ3n) is 3.75. The quantitative estimate of drug-likeness (QED) is 0.729. The number of aryl methyl sites for hydroxylation is 3. The number of hydrogen-bond donors (Lipinski definition) is 2. The lowest BCUT2D eigenvalue weighted by Crippen LogP contribution is -2.14. The van der Waals surface area contributed by atoms with Gasteiger partial charge in [-0.2, -0.15) is 0 Å². The van der Waals surface area contributed by atoms with Crippen molar-refractivity contribution in [3.63, 3.8) is 0 Å². The number of rotatable bonds is 3. The third kappa shape index (κ3) is 3.07. The van der Waals surface area contributed by atoms with E-state index < -0.39 is 10.0 Å². The van der Waals surface area contributed by atoms with E-state index in [1.807, 2.05) is 25.1 Å². The summed E-state index contributed by atoms with van der Waals surface area (Å²) in [5, 5.41) is 1.53. The van der Waals surface area contributed by atoms with Gasteiger partial charge in [-0.1, -0.05) is 11.6 Å². The molecule has 0 amide bonds. The number of sulfonamides is 1. The standard InChI is InChI=1S/C17H17ClN2O2S/c1-10-7-17(11(2)6-15(10)18)23(21,22)20-14-4-5-16-13(9-14)8-12(3)19-16/h4-9,19-20H,1-3H3. The molecule has 0 radical (unpaired) electrons. The Kier molecular flexibility index (Phi) is 3.86. The number of benzene rings is 2. The summed E-state index contributed by atoms with van der Waals surface area (Å²) in [6, 6.07) is 10.7. The van der Waals surface area contributed by atoms with Crippen LogP contribution < -0.4 is 4.72 Å². The minimum absolute atomic E-state index is 0.241. The SMILES string of the molecule is Cc1cc2cc(NS(=O)(=O)c3cc(C)c(Cl)cc3C)ccc2[nH]1. The topological polar surface area (TPSA) is 62.0 Å². The Balaban J connectivity index is 2.01. The Morgan fingerprint density at radius 1 is 1.00 bits per heavy atom. The molecule has 2 N–H and O–H groups in total. The molecule has 0 bridgehead atoms. The summed E-state index contributed by atoms with van der Waals surface area (Å²) < 4.78 is 28.0. The Morgan fingerprint density at radius 2 is 1.74 bits per heavy atom. The van der Waals surface area contributed by atoms with Gasteiger partial charge < -0.3 is 4.98 Å². The van der Waals surface area contributed by atoms with Gasteiger partial charge in [-0.15, -0.1) is 0 Å². The molecule has 0 unspecified atom stereocenters. The van der Waals surface area contributed by atoms with Gasteiger partial charge in [-0.25, -0.2) is 8.42 Å². The van der Waals surface area contributed by atoms with Crippen molar-refractivity contribution in [3.8, 4) is 0 Å². The highest BCUT2D eigenvalue weighted by molar-refractivity contribution is 7.92. The van der Waals surface area contributed by atoms with Gasteiger partial charge in [0, 0.05) is 27.3 Å². The molecule has 0 aliphatic heterocycles. The van der Waals surface area contributed by atoms with Crippen LogP contribution >= 0.6 is 11.6 Å². The molecule has 1 heterocycles. The van der Waals surface area contributed by atoms with Gasteiger partial charge in [-0.05, 0) is 68.3 Å². The molecule has 2 aromatic carbocycles. The van der Waals surface area contributed by atoms with Crippen LogP contribution in [0.1, 0.15) is 16.8 Å². The van der Waals surface area contributed by atoms with Crippen molar-refractivity contribution in [1.29, 1.82) is 0 Å². The second-order valence-electron chi connectivity index (χ2n) is 5.73. The van der Waals surface area contributed by atoms with Crippen molar-refractivity contribution in [2.75, 3.05) is 4.72 Å². The first-order valence-electron chi connectivity index (χ1n) is 7.15. The van der Waals surface area contributed by atoms with Crippen LogP contribution in [-0.4, -0.2) is 13.4 Å². The zero-order valence-electron chi connectivity index (χ0n) is 13.1. The number of fused-ring (bicyclic) bond motifs is 1. The summed E-state index contributed by atoms with van der Waals surface area (Å²) in [5.74, 6) is 0. The summed E-state index contributed by atoms with van der Waals surface area (Å²) in [6.45, 7) is 5.48. The summed E-state index contributed by atoms with van der Waals surface area (Å²) in [4.78, 5) is 3.45. The molecule has 6 heteroatoms. The van der Waals surface area contributed by atoms with Crippen molar-refractivity contribution >= 4 is 38.2 Å². The second kappa shape index (κ2) is 5.58. The van der Waals surface area contributed by atoms with E-state index in [4.69, 9.17) is 11.6 Å². The average Bonchev–Trinajstić information content (AvgIpc) is 2.81. The zero-order valence-corrected chi connectivity index (χ0v) is 14.6. The highest BCUT2D eigenvalue weighted by atomic mass is 35.5. The molecule has 0 spiro atoms. The molecule has 120 valence electrons. The maximum atomic E-state index is 12.7. The van der Waals surface area contributed by atoms with Crippen molar-refractivity contribution in [2.45, 2.75) is 25.7 Å². The van der Waals surface area contributed by atoms with Crippen molar-refractivity contribution in [3.05, 3.63) is 58.2 Å². The number of anilines is 1. The number of halogens is 1. The number of aromatic nitrogens is 1. The summed E-state index contributed by atoms with van der Waals surface area (Å²) in [5.41, 5.74) is 3.89.